The lowest BCUT2D eigenvalue weighted by atomic mass is 10.0. The van der Waals surface area contributed by atoms with Crippen molar-refractivity contribution in [3.63, 3.8) is 0 Å². The van der Waals surface area contributed by atoms with E-state index in [-0.39, 0.29) is 6.42 Å². The second-order valence-electron chi connectivity index (χ2n) is 6.78. The van der Waals surface area contributed by atoms with Crippen LogP contribution in [0.15, 0.2) is 24.3 Å². The quantitative estimate of drug-likeness (QED) is 0.446. The third-order valence-electron chi connectivity index (χ3n) is 4.52. The molecule has 0 atom stereocenters. The number of carbonyl (C=O) groups is 1. The van der Waals surface area contributed by atoms with E-state index >= 15 is 0 Å². The fourth-order valence-corrected chi connectivity index (χ4v) is 4.10. The first-order chi connectivity index (χ1) is 12.2. The van der Waals surface area contributed by atoms with Gasteiger partial charge in [0.25, 0.3) is 0 Å². The third kappa shape index (κ3) is 7.57. The van der Waals surface area contributed by atoms with E-state index in [2.05, 4.69) is 36.5 Å². The Bertz CT molecular complexity index is 650. The molecule has 2 aromatic rings. The van der Waals surface area contributed by atoms with Gasteiger partial charge in [0, 0.05) is 22.7 Å². The van der Waals surface area contributed by atoms with Crippen LogP contribution in [0.5, 0.6) is 0 Å². The van der Waals surface area contributed by atoms with Gasteiger partial charge in [-0.25, -0.2) is 0 Å². The van der Waals surface area contributed by atoms with Crippen molar-refractivity contribution in [3.05, 3.63) is 34.7 Å². The minimum Gasteiger partial charge on any atom is -0.481 e. The van der Waals surface area contributed by atoms with Gasteiger partial charge >= 0.3 is 5.97 Å². The maximum Gasteiger partial charge on any atom is 0.304 e. The largest absolute Gasteiger partial charge is 0.481 e. The van der Waals surface area contributed by atoms with Crippen LogP contribution in [-0.4, -0.2) is 17.6 Å². The fourth-order valence-electron chi connectivity index (χ4n) is 3.08. The molecule has 0 aliphatic carbocycles. The summed E-state index contributed by atoms with van der Waals surface area (Å²) in [6.45, 7) is 3.53. The molecule has 0 aliphatic rings. The first kappa shape index (κ1) is 19.9. The highest BCUT2D eigenvalue weighted by Gasteiger charge is 2.04. The molecular formula is C21H31NO2S. The maximum atomic E-state index is 10.5. The van der Waals surface area contributed by atoms with E-state index in [1.807, 2.05) is 0 Å². The maximum absolute atomic E-state index is 10.5. The van der Waals surface area contributed by atoms with E-state index in [4.69, 9.17) is 5.11 Å². The molecule has 0 saturated carbocycles. The number of benzene rings is 1. The minimum atomic E-state index is -0.751. The van der Waals surface area contributed by atoms with Crippen LogP contribution in [0.4, 0.5) is 0 Å². The highest BCUT2D eigenvalue weighted by Crippen LogP contribution is 2.27. The van der Waals surface area contributed by atoms with Gasteiger partial charge in [-0.2, -0.15) is 0 Å². The van der Waals surface area contributed by atoms with E-state index in [1.54, 1.807) is 11.3 Å². The molecule has 2 rings (SSSR count). The Balaban J connectivity index is 1.74. The van der Waals surface area contributed by atoms with Crippen LogP contribution in [0.3, 0.4) is 0 Å². The SMILES string of the molecule is CCCCCCCCCc1ccc2sc(CNCCC(=O)O)cc2c1. The molecule has 1 aromatic heterocycles. The lowest BCUT2D eigenvalue weighted by Crippen LogP contribution is -2.16. The van der Waals surface area contributed by atoms with E-state index < -0.39 is 5.97 Å². The van der Waals surface area contributed by atoms with Gasteiger partial charge in [-0.05, 0) is 35.9 Å². The summed E-state index contributed by atoms with van der Waals surface area (Å²) in [7, 11) is 0. The number of carboxylic acid groups (broad SMARTS) is 1. The van der Waals surface area contributed by atoms with Crippen LogP contribution < -0.4 is 5.32 Å². The molecule has 2 N–H and O–H groups in total. The number of aryl methyl sites for hydroxylation is 1. The van der Waals surface area contributed by atoms with Crippen molar-refractivity contribution >= 4 is 27.4 Å². The van der Waals surface area contributed by atoms with Gasteiger partial charge in [0.2, 0.25) is 0 Å². The Labute approximate surface area is 155 Å². The summed E-state index contributed by atoms with van der Waals surface area (Å²) in [6, 6.07) is 9.06. The lowest BCUT2D eigenvalue weighted by molar-refractivity contribution is -0.136. The molecule has 0 unspecified atom stereocenters. The minimum absolute atomic E-state index is 0.174. The summed E-state index contributed by atoms with van der Waals surface area (Å²) in [5.74, 6) is -0.751. The number of hydrogen-bond donors (Lipinski definition) is 2. The average Bonchev–Trinajstić information content (AvgIpc) is 3.00. The number of hydrogen-bond acceptors (Lipinski definition) is 3. The number of carboxylic acids is 1. The zero-order valence-electron chi connectivity index (χ0n) is 15.4. The zero-order valence-corrected chi connectivity index (χ0v) is 16.2. The van der Waals surface area contributed by atoms with Crippen molar-refractivity contribution in [2.24, 2.45) is 0 Å². The van der Waals surface area contributed by atoms with Crippen molar-refractivity contribution < 1.29 is 9.90 Å². The molecule has 0 saturated heterocycles. The molecule has 138 valence electrons. The lowest BCUT2D eigenvalue weighted by Gasteiger charge is -2.02. The monoisotopic (exact) mass is 361 g/mol. The van der Waals surface area contributed by atoms with Crippen molar-refractivity contribution in [2.45, 2.75) is 71.3 Å². The number of fused-ring (bicyclic) bond motifs is 1. The van der Waals surface area contributed by atoms with Gasteiger partial charge in [0.1, 0.15) is 0 Å². The summed E-state index contributed by atoms with van der Waals surface area (Å²) >= 11 is 1.79. The van der Waals surface area contributed by atoms with Gasteiger partial charge in [0.05, 0.1) is 6.42 Å². The standard InChI is InChI=1S/C21H31NO2S/c1-2-3-4-5-6-7-8-9-17-10-11-20-18(14-17)15-19(25-20)16-22-13-12-21(23)24/h10-11,14-15,22H,2-9,12-13,16H2,1H3,(H,23,24). The predicted octanol–water partition coefficient (Wildman–Crippen LogP) is 5.76. The molecule has 1 aromatic carbocycles. The molecule has 1 heterocycles. The van der Waals surface area contributed by atoms with E-state index in [0.717, 1.165) is 6.54 Å². The Kier molecular flexibility index (Phi) is 8.98. The van der Waals surface area contributed by atoms with Crippen molar-refractivity contribution in [3.8, 4) is 0 Å². The summed E-state index contributed by atoms with van der Waals surface area (Å²) in [6.07, 6.45) is 10.8. The van der Waals surface area contributed by atoms with Gasteiger partial charge in [-0.15, -0.1) is 11.3 Å². The number of aliphatic carboxylic acids is 1. The summed E-state index contributed by atoms with van der Waals surface area (Å²) in [4.78, 5) is 11.8. The molecular weight excluding hydrogens is 330 g/mol. The fraction of sp³-hybridized carbons (Fsp3) is 0.571. The molecule has 0 radical (unpaired) electrons. The highest BCUT2D eigenvalue weighted by molar-refractivity contribution is 7.19. The Hall–Kier alpha value is -1.39. The van der Waals surface area contributed by atoms with Crippen LogP contribution in [0.2, 0.25) is 0 Å². The Morgan fingerprint density at radius 3 is 2.60 bits per heavy atom. The summed E-state index contributed by atoms with van der Waals surface area (Å²) in [5, 5.41) is 13.2. The van der Waals surface area contributed by atoms with Crippen LogP contribution in [-0.2, 0) is 17.8 Å². The van der Waals surface area contributed by atoms with Crippen LogP contribution >= 0.6 is 11.3 Å². The average molecular weight is 362 g/mol. The number of unbranched alkanes of at least 4 members (excludes halogenated alkanes) is 6. The molecule has 25 heavy (non-hydrogen) atoms. The molecule has 4 heteroatoms. The van der Waals surface area contributed by atoms with Gasteiger partial charge < -0.3 is 10.4 Å². The van der Waals surface area contributed by atoms with E-state index in [0.29, 0.717) is 6.54 Å². The van der Waals surface area contributed by atoms with Gasteiger partial charge in [0.15, 0.2) is 0 Å². The molecule has 0 fully saturated rings. The first-order valence-corrected chi connectivity index (χ1v) is 10.4. The van der Waals surface area contributed by atoms with Crippen molar-refractivity contribution in [1.82, 2.24) is 5.32 Å². The van der Waals surface area contributed by atoms with Gasteiger partial charge in [-0.3, -0.25) is 4.79 Å². The molecule has 0 spiro atoms. The van der Waals surface area contributed by atoms with E-state index in [1.165, 1.54) is 71.9 Å². The van der Waals surface area contributed by atoms with Gasteiger partial charge in [-0.1, -0.05) is 57.6 Å². The van der Waals surface area contributed by atoms with Crippen LogP contribution in [0.25, 0.3) is 10.1 Å². The second-order valence-corrected chi connectivity index (χ2v) is 7.95. The highest BCUT2D eigenvalue weighted by atomic mass is 32.1. The topological polar surface area (TPSA) is 49.3 Å². The number of thiophene rings is 1. The molecule has 3 nitrogen and oxygen atoms in total. The number of nitrogens with one attached hydrogen (secondary N) is 1. The van der Waals surface area contributed by atoms with Crippen LogP contribution in [0.1, 0.15) is 68.7 Å². The summed E-state index contributed by atoms with van der Waals surface area (Å²) < 4.78 is 1.32. The van der Waals surface area contributed by atoms with Crippen LogP contribution in [0, 0.1) is 0 Å². The van der Waals surface area contributed by atoms with Crippen molar-refractivity contribution in [2.75, 3.05) is 6.54 Å². The van der Waals surface area contributed by atoms with Crippen molar-refractivity contribution in [1.29, 1.82) is 0 Å². The number of rotatable bonds is 13. The molecule has 0 aliphatic heterocycles. The Morgan fingerprint density at radius 1 is 1.08 bits per heavy atom. The first-order valence-electron chi connectivity index (χ1n) is 9.63. The second kappa shape index (κ2) is 11.3. The third-order valence-corrected chi connectivity index (χ3v) is 5.63. The Morgan fingerprint density at radius 2 is 1.84 bits per heavy atom. The predicted molar refractivity (Wildman–Crippen MR) is 107 cm³/mol. The normalized spacial score (nSPS) is 11.2. The molecule has 0 amide bonds. The molecule has 0 bridgehead atoms. The summed E-state index contributed by atoms with van der Waals surface area (Å²) in [5.41, 5.74) is 1.43. The zero-order chi connectivity index (χ0) is 17.9. The smallest absolute Gasteiger partial charge is 0.304 e. The van der Waals surface area contributed by atoms with E-state index in [9.17, 15) is 4.79 Å².